The minimum absolute atomic E-state index is 1.76. The molecule has 0 nitrogen and oxygen atoms in total. The van der Waals surface area contributed by atoms with E-state index in [0.29, 0.717) is 0 Å². The second-order valence-electron chi connectivity index (χ2n) is 1.85. The van der Waals surface area contributed by atoms with Gasteiger partial charge in [-0.25, -0.2) is 4.39 Å². The number of halogens is 8. The van der Waals surface area contributed by atoms with Gasteiger partial charge in [0.15, 0.2) is 0 Å². The van der Waals surface area contributed by atoms with E-state index in [4.69, 9.17) is 0 Å². The van der Waals surface area contributed by atoms with E-state index >= 15 is 0 Å². The van der Waals surface area contributed by atoms with Crippen molar-refractivity contribution in [1.29, 1.82) is 0 Å². The Morgan fingerprint density at radius 2 is 1.17 bits per heavy atom. The second kappa shape index (κ2) is 4.08. The zero-order chi connectivity index (χ0) is 10.2. The van der Waals surface area contributed by atoms with Crippen LogP contribution in [0.3, 0.4) is 0 Å². The summed E-state index contributed by atoms with van der Waals surface area (Å²) in [5.41, 5.74) is 0. The number of hydrogen-bond donors (Lipinski definition) is 0. The molecule has 0 aromatic carbocycles. The molecule has 0 radical (unpaired) electrons. The van der Waals surface area contributed by atoms with Gasteiger partial charge in [-0.15, -0.1) is 0 Å². The van der Waals surface area contributed by atoms with Gasteiger partial charge in [0, 0.05) is 0 Å². The maximum Gasteiger partial charge on any atom is 0.352 e. The van der Waals surface area contributed by atoms with E-state index in [2.05, 4.69) is 31.9 Å². The van der Waals surface area contributed by atoms with Crippen LogP contribution in [-0.4, -0.2) is 20.7 Å². The van der Waals surface area contributed by atoms with Crippen molar-refractivity contribution < 1.29 is 22.0 Å². The van der Waals surface area contributed by atoms with Crippen molar-refractivity contribution in [3.8, 4) is 0 Å². The van der Waals surface area contributed by atoms with Gasteiger partial charge in [0.25, 0.3) is 0 Å². The lowest BCUT2D eigenvalue weighted by Crippen LogP contribution is -2.49. The van der Waals surface area contributed by atoms with Crippen molar-refractivity contribution >= 4 is 47.8 Å². The Morgan fingerprint density at radius 1 is 0.833 bits per heavy atom. The van der Waals surface area contributed by atoms with Crippen LogP contribution in [-0.2, 0) is 0 Å². The highest BCUT2D eigenvalue weighted by Crippen LogP contribution is 2.46. The van der Waals surface area contributed by atoms with Crippen molar-refractivity contribution in [2.45, 2.75) is 20.7 Å². The molecule has 0 aromatic rings. The van der Waals surface area contributed by atoms with E-state index in [0.717, 1.165) is 0 Å². The van der Waals surface area contributed by atoms with Crippen molar-refractivity contribution in [1.82, 2.24) is 0 Å². The molecular formula is C4H2Br3F5. The fourth-order valence-corrected chi connectivity index (χ4v) is 1.21. The lowest BCUT2D eigenvalue weighted by molar-refractivity contribution is -0.210. The van der Waals surface area contributed by atoms with Gasteiger partial charge in [-0.1, -0.05) is 31.9 Å². The first kappa shape index (κ1) is 13.1. The Morgan fingerprint density at radius 3 is 1.25 bits per heavy atom. The first-order valence-corrected chi connectivity index (χ1v) is 5.20. The first-order valence-electron chi connectivity index (χ1n) is 2.46. The lowest BCUT2D eigenvalue weighted by Gasteiger charge is -2.27. The summed E-state index contributed by atoms with van der Waals surface area (Å²) in [5.74, 6) is -9.26. The van der Waals surface area contributed by atoms with E-state index in [-0.39, 0.29) is 0 Å². The van der Waals surface area contributed by atoms with Gasteiger partial charge in [0.05, 0.1) is 0 Å². The van der Waals surface area contributed by atoms with Crippen LogP contribution in [0.4, 0.5) is 22.0 Å². The molecular weight excluding hydrogens is 383 g/mol. The molecule has 0 saturated heterocycles. The predicted octanol–water partition coefficient (Wildman–Crippen LogP) is 4.06. The molecule has 0 aliphatic rings. The van der Waals surface area contributed by atoms with Crippen LogP contribution < -0.4 is 0 Å². The minimum Gasteiger partial charge on any atom is -0.228 e. The normalized spacial score (nSPS) is 16.8. The van der Waals surface area contributed by atoms with Gasteiger partial charge in [-0.3, -0.25) is 0 Å². The SMILES string of the molecule is FC(Br)C(F)(F)C(F)(F)C(Br)Br. The third kappa shape index (κ3) is 2.31. The maximum absolute atomic E-state index is 12.5. The summed E-state index contributed by atoms with van der Waals surface area (Å²) in [6.45, 7) is 0. The van der Waals surface area contributed by atoms with Crippen LogP contribution in [0.2, 0.25) is 0 Å². The topological polar surface area (TPSA) is 0 Å². The van der Waals surface area contributed by atoms with Crippen LogP contribution in [0.5, 0.6) is 0 Å². The zero-order valence-corrected chi connectivity index (χ0v) is 9.94. The molecule has 0 rings (SSSR count). The summed E-state index contributed by atoms with van der Waals surface area (Å²) >= 11 is 6.16. The smallest absolute Gasteiger partial charge is 0.228 e. The van der Waals surface area contributed by atoms with E-state index in [1.165, 1.54) is 0 Å². The highest BCUT2D eigenvalue weighted by Gasteiger charge is 2.64. The summed E-state index contributed by atoms with van der Waals surface area (Å²) in [7, 11) is 0. The molecule has 8 heteroatoms. The monoisotopic (exact) mass is 382 g/mol. The van der Waals surface area contributed by atoms with Gasteiger partial charge >= 0.3 is 11.8 Å². The van der Waals surface area contributed by atoms with Crippen LogP contribution in [0.15, 0.2) is 0 Å². The minimum atomic E-state index is -4.76. The van der Waals surface area contributed by atoms with Crippen LogP contribution in [0.25, 0.3) is 0 Å². The largest absolute Gasteiger partial charge is 0.352 e. The number of rotatable bonds is 3. The third-order valence-corrected chi connectivity index (χ3v) is 2.72. The molecule has 0 heterocycles. The molecule has 0 aliphatic carbocycles. The Kier molecular flexibility index (Phi) is 4.45. The third-order valence-electron chi connectivity index (χ3n) is 0.993. The Labute approximate surface area is 90.3 Å². The molecule has 1 atom stereocenters. The fraction of sp³-hybridized carbons (Fsp3) is 1.00. The van der Waals surface area contributed by atoms with Gasteiger partial charge in [-0.05, 0) is 15.9 Å². The average Bonchev–Trinajstić information content (AvgIpc) is 1.86. The van der Waals surface area contributed by atoms with Gasteiger partial charge in [0.1, 0.15) is 3.74 Å². The maximum atomic E-state index is 12.5. The second-order valence-corrected chi connectivity index (χ2v) is 5.71. The first-order chi connectivity index (χ1) is 5.14. The molecule has 0 bridgehead atoms. The summed E-state index contributed by atoms with van der Waals surface area (Å²) in [5, 5.41) is -3.09. The van der Waals surface area contributed by atoms with Crippen molar-refractivity contribution in [2.75, 3.05) is 0 Å². The van der Waals surface area contributed by atoms with E-state index in [1.54, 1.807) is 15.9 Å². The highest BCUT2D eigenvalue weighted by atomic mass is 79.9. The molecule has 0 fully saturated rings. The number of hydrogen-bond acceptors (Lipinski definition) is 0. The molecule has 0 spiro atoms. The number of alkyl halides is 8. The summed E-state index contributed by atoms with van der Waals surface area (Å²) in [6, 6.07) is 0. The van der Waals surface area contributed by atoms with E-state index < -0.39 is 20.7 Å². The quantitative estimate of drug-likeness (QED) is 0.508. The molecule has 74 valence electrons. The zero-order valence-electron chi connectivity index (χ0n) is 5.18. The Hall–Kier alpha value is 1.09. The van der Waals surface area contributed by atoms with E-state index in [1.807, 2.05) is 0 Å². The molecule has 0 saturated carbocycles. The van der Waals surface area contributed by atoms with Gasteiger partial charge < -0.3 is 0 Å². The Balaban J connectivity index is 4.75. The lowest BCUT2D eigenvalue weighted by atomic mass is 10.2. The van der Waals surface area contributed by atoms with E-state index in [9.17, 15) is 22.0 Å². The van der Waals surface area contributed by atoms with Crippen molar-refractivity contribution in [2.24, 2.45) is 0 Å². The molecule has 1 unspecified atom stereocenters. The standard InChI is InChI=1S/C4H2Br3F5/c5-1(6)3(9,10)4(11,12)2(7)8/h1-2H. The Bertz CT molecular complexity index is 139. The highest BCUT2D eigenvalue weighted by molar-refractivity contribution is 9.24. The summed E-state index contributed by atoms with van der Waals surface area (Å²) in [4.78, 5) is 0. The average molecular weight is 385 g/mol. The molecule has 0 amide bonds. The van der Waals surface area contributed by atoms with Crippen molar-refractivity contribution in [3.05, 3.63) is 0 Å². The summed E-state index contributed by atoms with van der Waals surface area (Å²) in [6.07, 6.45) is 0. The van der Waals surface area contributed by atoms with Gasteiger partial charge in [-0.2, -0.15) is 17.6 Å². The predicted molar refractivity (Wildman–Crippen MR) is 45.4 cm³/mol. The van der Waals surface area contributed by atoms with Crippen LogP contribution in [0, 0.1) is 0 Å². The summed E-state index contributed by atoms with van der Waals surface area (Å²) < 4.78 is 59.6. The molecule has 0 aromatic heterocycles. The molecule has 12 heavy (non-hydrogen) atoms. The van der Waals surface area contributed by atoms with Crippen LogP contribution >= 0.6 is 47.8 Å². The molecule has 0 aliphatic heterocycles. The van der Waals surface area contributed by atoms with Crippen LogP contribution in [0.1, 0.15) is 0 Å². The molecule has 0 N–H and O–H groups in total. The fourth-order valence-electron chi connectivity index (χ4n) is 0.291. The van der Waals surface area contributed by atoms with Gasteiger partial charge in [0.2, 0.25) is 5.08 Å². The van der Waals surface area contributed by atoms with Crippen molar-refractivity contribution in [3.63, 3.8) is 0 Å².